The first-order valence-electron chi connectivity index (χ1n) is 13.9. The van der Waals surface area contributed by atoms with Gasteiger partial charge >= 0.3 is 0 Å². The molecule has 2 aliphatic heterocycles. The molecule has 0 bridgehead atoms. The number of hydrogen-bond acceptors (Lipinski definition) is 4. The number of aromatic nitrogens is 4. The number of aryl methyl sites for hydroxylation is 1. The summed E-state index contributed by atoms with van der Waals surface area (Å²) in [4.78, 5) is 20.6. The standard InChI is InChI=1S/C32H32FN5O2/c1-32(19-40-20-32)18-38-27-9-4-3-8-26(27)34-30(38)21-12-14-37(15-13-21)31(39)23-10-11-25-28(17-23)36(2)35-29(25)22-6-5-7-24(33)16-22/h3-11,16-17,21H,12-15,18-20H2,1-2H3. The van der Waals surface area contributed by atoms with Crippen LogP contribution in [0.3, 0.4) is 0 Å². The van der Waals surface area contributed by atoms with Gasteiger partial charge in [-0.05, 0) is 55.3 Å². The number of piperidine rings is 1. The lowest BCUT2D eigenvalue weighted by molar-refractivity contribution is -0.110. The van der Waals surface area contributed by atoms with Crippen LogP contribution in [0.25, 0.3) is 33.2 Å². The van der Waals surface area contributed by atoms with Gasteiger partial charge in [0.15, 0.2) is 0 Å². The maximum absolute atomic E-state index is 13.8. The van der Waals surface area contributed by atoms with E-state index >= 15 is 0 Å². The fourth-order valence-corrected chi connectivity index (χ4v) is 6.26. The van der Waals surface area contributed by atoms with E-state index in [1.165, 1.54) is 17.6 Å². The van der Waals surface area contributed by atoms with Crippen LogP contribution in [-0.2, 0) is 18.3 Å². The average Bonchev–Trinajstić information content (AvgIpc) is 3.49. The Labute approximate surface area is 232 Å². The number of amides is 1. The van der Waals surface area contributed by atoms with Crippen molar-refractivity contribution in [2.45, 2.75) is 32.2 Å². The van der Waals surface area contributed by atoms with E-state index in [0.717, 1.165) is 60.4 Å². The molecule has 40 heavy (non-hydrogen) atoms. The summed E-state index contributed by atoms with van der Waals surface area (Å²) < 4.78 is 23.5. The van der Waals surface area contributed by atoms with Crippen LogP contribution in [-0.4, -0.2) is 56.4 Å². The molecule has 0 radical (unpaired) electrons. The molecule has 7 nitrogen and oxygen atoms in total. The van der Waals surface area contributed by atoms with Gasteiger partial charge in [-0.2, -0.15) is 5.10 Å². The molecule has 0 N–H and O–H groups in total. The highest BCUT2D eigenvalue weighted by Crippen LogP contribution is 2.36. The van der Waals surface area contributed by atoms with Crippen LogP contribution >= 0.6 is 0 Å². The van der Waals surface area contributed by atoms with Crippen molar-refractivity contribution in [3.8, 4) is 11.3 Å². The molecule has 2 saturated heterocycles. The maximum Gasteiger partial charge on any atom is 0.253 e. The first kappa shape index (κ1) is 25.0. The molecule has 204 valence electrons. The zero-order chi connectivity index (χ0) is 27.4. The van der Waals surface area contributed by atoms with Gasteiger partial charge in [0.2, 0.25) is 0 Å². The van der Waals surface area contributed by atoms with E-state index in [1.54, 1.807) is 10.7 Å². The van der Waals surface area contributed by atoms with Gasteiger partial charge < -0.3 is 14.2 Å². The Balaban J connectivity index is 1.11. The summed E-state index contributed by atoms with van der Waals surface area (Å²) >= 11 is 0. The van der Waals surface area contributed by atoms with Crippen molar-refractivity contribution in [3.63, 3.8) is 0 Å². The van der Waals surface area contributed by atoms with Crippen molar-refractivity contribution in [2.24, 2.45) is 12.5 Å². The molecular weight excluding hydrogens is 505 g/mol. The van der Waals surface area contributed by atoms with Gasteiger partial charge in [0.1, 0.15) is 17.3 Å². The maximum atomic E-state index is 13.8. The van der Waals surface area contributed by atoms with Crippen LogP contribution in [0, 0.1) is 11.2 Å². The van der Waals surface area contributed by atoms with Gasteiger partial charge in [0.05, 0.1) is 29.8 Å². The lowest BCUT2D eigenvalue weighted by atomic mass is 9.88. The molecule has 0 aliphatic carbocycles. The Bertz CT molecular complexity index is 1740. The first-order chi connectivity index (χ1) is 19.4. The Hall–Kier alpha value is -4.04. The number of ether oxygens (including phenoxy) is 1. The zero-order valence-electron chi connectivity index (χ0n) is 22.8. The normalized spacial score (nSPS) is 17.4. The number of likely N-dealkylation sites (tertiary alicyclic amines) is 1. The second-order valence-electron chi connectivity index (χ2n) is 11.6. The molecular formula is C32H32FN5O2. The largest absolute Gasteiger partial charge is 0.380 e. The summed E-state index contributed by atoms with van der Waals surface area (Å²) in [5.74, 6) is 1.16. The number of nitrogens with zero attached hydrogens (tertiary/aromatic N) is 5. The van der Waals surface area contributed by atoms with E-state index in [2.05, 4.69) is 34.8 Å². The van der Waals surface area contributed by atoms with E-state index in [-0.39, 0.29) is 17.1 Å². The van der Waals surface area contributed by atoms with Crippen molar-refractivity contribution in [2.75, 3.05) is 26.3 Å². The number of carbonyl (C=O) groups is 1. The van der Waals surface area contributed by atoms with Gasteiger partial charge in [-0.25, -0.2) is 9.37 Å². The molecule has 2 aromatic heterocycles. The minimum Gasteiger partial charge on any atom is -0.380 e. The molecule has 0 atom stereocenters. The van der Waals surface area contributed by atoms with Gasteiger partial charge in [-0.15, -0.1) is 0 Å². The fourth-order valence-electron chi connectivity index (χ4n) is 6.26. The van der Waals surface area contributed by atoms with Gasteiger partial charge in [0.25, 0.3) is 5.91 Å². The van der Waals surface area contributed by atoms with E-state index in [1.807, 2.05) is 42.3 Å². The quantitative estimate of drug-likeness (QED) is 0.285. The summed E-state index contributed by atoms with van der Waals surface area (Å²) in [7, 11) is 1.85. The molecule has 8 heteroatoms. The number of hydrogen-bond donors (Lipinski definition) is 0. The molecule has 2 aliphatic rings. The van der Waals surface area contributed by atoms with Crippen LogP contribution in [0.15, 0.2) is 66.7 Å². The van der Waals surface area contributed by atoms with Gasteiger partial charge in [0, 0.05) is 54.5 Å². The topological polar surface area (TPSA) is 65.2 Å². The minimum absolute atomic E-state index is 0.0292. The van der Waals surface area contributed by atoms with E-state index in [4.69, 9.17) is 9.72 Å². The van der Waals surface area contributed by atoms with Crippen molar-refractivity contribution < 1.29 is 13.9 Å². The highest BCUT2D eigenvalue weighted by Gasteiger charge is 2.36. The predicted octanol–water partition coefficient (Wildman–Crippen LogP) is 5.79. The average molecular weight is 538 g/mol. The lowest BCUT2D eigenvalue weighted by Gasteiger charge is -2.39. The third-order valence-corrected chi connectivity index (χ3v) is 8.47. The number of halogens is 1. The fraction of sp³-hybridized carbons (Fsp3) is 0.344. The molecule has 5 aromatic rings. The molecule has 1 amide bonds. The second-order valence-corrected chi connectivity index (χ2v) is 11.6. The number of benzene rings is 3. The van der Waals surface area contributed by atoms with Crippen molar-refractivity contribution in [3.05, 3.63) is 83.9 Å². The summed E-state index contributed by atoms with van der Waals surface area (Å²) in [6.07, 6.45) is 1.75. The van der Waals surface area contributed by atoms with Crippen molar-refractivity contribution in [1.29, 1.82) is 0 Å². The molecule has 4 heterocycles. The van der Waals surface area contributed by atoms with E-state index < -0.39 is 0 Å². The molecule has 0 unspecified atom stereocenters. The molecule has 0 spiro atoms. The van der Waals surface area contributed by atoms with Crippen molar-refractivity contribution >= 4 is 27.8 Å². The third kappa shape index (κ3) is 4.27. The van der Waals surface area contributed by atoms with E-state index in [9.17, 15) is 9.18 Å². The summed E-state index contributed by atoms with van der Waals surface area (Å²) in [5.41, 5.74) is 5.26. The Morgan fingerprint density at radius 2 is 1.82 bits per heavy atom. The summed E-state index contributed by atoms with van der Waals surface area (Å²) in [6.45, 7) is 6.09. The Morgan fingerprint density at radius 3 is 2.58 bits per heavy atom. The van der Waals surface area contributed by atoms with Gasteiger partial charge in [-0.1, -0.05) is 31.2 Å². The van der Waals surface area contributed by atoms with E-state index in [0.29, 0.717) is 30.3 Å². The summed E-state index contributed by atoms with van der Waals surface area (Å²) in [5, 5.41) is 5.52. The minimum atomic E-state index is -0.298. The van der Waals surface area contributed by atoms with Crippen LogP contribution in [0.4, 0.5) is 4.39 Å². The third-order valence-electron chi connectivity index (χ3n) is 8.47. The molecule has 7 rings (SSSR count). The second kappa shape index (κ2) is 9.55. The number of fused-ring (bicyclic) bond motifs is 2. The summed E-state index contributed by atoms with van der Waals surface area (Å²) in [6, 6.07) is 20.5. The Kier molecular flexibility index (Phi) is 5.96. The van der Waals surface area contributed by atoms with Crippen LogP contribution < -0.4 is 0 Å². The lowest BCUT2D eigenvalue weighted by Crippen LogP contribution is -2.44. The molecule has 3 aromatic carbocycles. The van der Waals surface area contributed by atoms with Crippen molar-refractivity contribution in [1.82, 2.24) is 24.2 Å². The number of rotatable bonds is 5. The monoisotopic (exact) mass is 537 g/mol. The highest BCUT2D eigenvalue weighted by molar-refractivity contribution is 6.01. The molecule has 0 saturated carbocycles. The number of imidazole rings is 1. The SMILES string of the molecule is Cn1nc(-c2cccc(F)c2)c2ccc(C(=O)N3CCC(c4nc5ccccc5n4CC4(C)COC4)CC3)cc21. The van der Waals surface area contributed by atoms with Gasteiger partial charge in [-0.3, -0.25) is 9.48 Å². The first-order valence-corrected chi connectivity index (χ1v) is 13.9. The van der Waals surface area contributed by atoms with Crippen LogP contribution in [0.2, 0.25) is 0 Å². The smallest absolute Gasteiger partial charge is 0.253 e. The van der Waals surface area contributed by atoms with Crippen LogP contribution in [0.5, 0.6) is 0 Å². The predicted molar refractivity (Wildman–Crippen MR) is 153 cm³/mol. The zero-order valence-corrected chi connectivity index (χ0v) is 22.8. The Morgan fingerprint density at radius 1 is 1.02 bits per heavy atom. The van der Waals surface area contributed by atoms with Crippen LogP contribution in [0.1, 0.15) is 41.9 Å². The molecule has 2 fully saturated rings. The highest BCUT2D eigenvalue weighted by atomic mass is 19.1. The number of carbonyl (C=O) groups excluding carboxylic acids is 1. The number of para-hydroxylation sites is 2.